The number of carbonyl (C=O) groups excluding carboxylic acids is 2. The number of Topliss-reactive ketones (excluding diaryl/α,β-unsaturated/α-hetero) is 1. The van der Waals surface area contributed by atoms with Gasteiger partial charge in [0, 0.05) is 36.5 Å². The lowest BCUT2D eigenvalue weighted by Crippen LogP contribution is -2.45. The number of benzene rings is 3. The van der Waals surface area contributed by atoms with Crippen molar-refractivity contribution in [2.75, 3.05) is 28.2 Å². The minimum absolute atomic E-state index is 0.0797. The highest BCUT2D eigenvalue weighted by atomic mass is 19.4. The van der Waals surface area contributed by atoms with Crippen molar-refractivity contribution in [3.8, 4) is 0 Å². The lowest BCUT2D eigenvalue weighted by Gasteiger charge is -2.35. The number of fused-ring (bicyclic) bond motifs is 1. The molecular weight excluding hydrogens is 503 g/mol. The molecule has 202 valence electrons. The van der Waals surface area contributed by atoms with E-state index in [9.17, 15) is 22.8 Å². The van der Waals surface area contributed by atoms with Crippen LogP contribution in [0.3, 0.4) is 0 Å². The molecule has 1 aliphatic carbocycles. The molecule has 1 heterocycles. The maximum Gasteiger partial charge on any atom is 0.471 e. The summed E-state index contributed by atoms with van der Waals surface area (Å²) in [6, 6.07) is 21.9. The lowest BCUT2D eigenvalue weighted by molar-refractivity contribution is -0.170. The molecule has 0 aromatic heterocycles. The van der Waals surface area contributed by atoms with Gasteiger partial charge in [0.1, 0.15) is 0 Å². The molecule has 0 bridgehead atoms. The summed E-state index contributed by atoms with van der Waals surface area (Å²) in [4.78, 5) is 29.8. The summed E-state index contributed by atoms with van der Waals surface area (Å²) in [6.07, 6.45) is -4.56. The number of carbonyl (C=O) groups is 2. The van der Waals surface area contributed by atoms with Gasteiger partial charge < -0.3 is 10.2 Å². The van der Waals surface area contributed by atoms with Crippen molar-refractivity contribution >= 4 is 28.8 Å². The van der Waals surface area contributed by atoms with E-state index in [1.807, 2.05) is 56.3 Å². The summed E-state index contributed by atoms with van der Waals surface area (Å²) in [7, 11) is 0. The zero-order valence-electron chi connectivity index (χ0n) is 21.8. The smallest absolute Gasteiger partial charge is 0.372 e. The summed E-state index contributed by atoms with van der Waals surface area (Å²) >= 11 is 0. The predicted octanol–water partition coefficient (Wildman–Crippen LogP) is 7.00. The van der Waals surface area contributed by atoms with Crippen molar-refractivity contribution in [2.24, 2.45) is 0 Å². The third-order valence-corrected chi connectivity index (χ3v) is 7.56. The Balaban J connectivity index is 1.71. The summed E-state index contributed by atoms with van der Waals surface area (Å²) in [6.45, 7) is 5.58. The number of nitrogens with zero attached hydrogens (tertiary/aromatic N) is 2. The molecule has 0 saturated heterocycles. The fourth-order valence-electron chi connectivity index (χ4n) is 5.68. The van der Waals surface area contributed by atoms with Crippen LogP contribution in [0.2, 0.25) is 0 Å². The number of anilines is 3. The van der Waals surface area contributed by atoms with Crippen molar-refractivity contribution in [1.29, 1.82) is 0 Å². The van der Waals surface area contributed by atoms with Gasteiger partial charge in [0.2, 0.25) is 0 Å². The Kier molecular flexibility index (Phi) is 7.21. The maximum atomic E-state index is 14.1. The minimum Gasteiger partial charge on any atom is -0.372 e. The first-order valence-corrected chi connectivity index (χ1v) is 13.1. The summed E-state index contributed by atoms with van der Waals surface area (Å²) < 4.78 is 42.3. The van der Waals surface area contributed by atoms with Crippen LogP contribution in [-0.2, 0) is 9.59 Å². The Morgan fingerprint density at radius 2 is 1.54 bits per heavy atom. The van der Waals surface area contributed by atoms with Crippen LogP contribution in [0.1, 0.15) is 49.8 Å². The molecule has 1 N–H and O–H groups in total. The average Bonchev–Trinajstić information content (AvgIpc) is 3.08. The van der Waals surface area contributed by atoms with Crippen LogP contribution in [0.5, 0.6) is 0 Å². The average molecular weight is 534 g/mol. The van der Waals surface area contributed by atoms with Crippen molar-refractivity contribution in [3.05, 3.63) is 101 Å². The van der Waals surface area contributed by atoms with E-state index in [2.05, 4.69) is 10.2 Å². The number of amides is 1. The van der Waals surface area contributed by atoms with Gasteiger partial charge >= 0.3 is 12.1 Å². The van der Waals surface area contributed by atoms with E-state index < -0.39 is 18.1 Å². The molecule has 1 amide bonds. The quantitative estimate of drug-likeness (QED) is 0.384. The van der Waals surface area contributed by atoms with E-state index in [-0.39, 0.29) is 29.4 Å². The van der Waals surface area contributed by atoms with Gasteiger partial charge in [0.15, 0.2) is 5.78 Å². The number of alkyl halides is 3. The third-order valence-electron chi connectivity index (χ3n) is 7.56. The molecule has 0 spiro atoms. The van der Waals surface area contributed by atoms with E-state index in [1.54, 1.807) is 30.3 Å². The fourth-order valence-corrected chi connectivity index (χ4v) is 5.68. The Hall–Kier alpha value is -4.07. The van der Waals surface area contributed by atoms with Gasteiger partial charge in [-0.15, -0.1) is 0 Å². The van der Waals surface area contributed by atoms with Gasteiger partial charge in [-0.2, -0.15) is 13.2 Å². The van der Waals surface area contributed by atoms with Crippen LogP contribution in [0.25, 0.3) is 0 Å². The zero-order valence-corrected chi connectivity index (χ0v) is 21.8. The maximum absolute atomic E-state index is 14.1. The summed E-state index contributed by atoms with van der Waals surface area (Å²) in [5.74, 6) is -2.42. The van der Waals surface area contributed by atoms with Crippen LogP contribution in [-0.4, -0.2) is 31.0 Å². The van der Waals surface area contributed by atoms with Crippen LogP contribution in [0.15, 0.2) is 90.1 Å². The summed E-state index contributed by atoms with van der Waals surface area (Å²) in [5.41, 5.74) is 3.52. The Morgan fingerprint density at radius 3 is 2.18 bits per heavy atom. The monoisotopic (exact) mass is 533 g/mol. The number of halogens is 3. The molecule has 3 aromatic rings. The number of hydrogen-bond donors (Lipinski definition) is 1. The van der Waals surface area contributed by atoms with Gasteiger partial charge in [-0.1, -0.05) is 54.6 Å². The Morgan fingerprint density at radius 1 is 0.897 bits per heavy atom. The molecule has 8 heteroatoms. The molecule has 2 aliphatic rings. The van der Waals surface area contributed by atoms with E-state index in [0.717, 1.165) is 29.2 Å². The molecule has 3 aromatic carbocycles. The summed E-state index contributed by atoms with van der Waals surface area (Å²) in [5, 5.41) is 3.26. The van der Waals surface area contributed by atoms with E-state index in [4.69, 9.17) is 0 Å². The van der Waals surface area contributed by atoms with Crippen molar-refractivity contribution in [2.45, 2.75) is 44.8 Å². The van der Waals surface area contributed by atoms with Crippen molar-refractivity contribution in [3.63, 3.8) is 0 Å². The van der Waals surface area contributed by atoms with E-state index >= 15 is 0 Å². The van der Waals surface area contributed by atoms with Crippen molar-refractivity contribution < 1.29 is 22.8 Å². The first kappa shape index (κ1) is 26.5. The molecule has 0 saturated carbocycles. The van der Waals surface area contributed by atoms with Crippen molar-refractivity contribution in [1.82, 2.24) is 0 Å². The second-order valence-corrected chi connectivity index (χ2v) is 9.81. The molecular formula is C31H30F3N3O2. The fraction of sp³-hybridized carbons (Fsp3) is 0.290. The molecule has 5 nitrogen and oxygen atoms in total. The molecule has 5 rings (SSSR count). The third kappa shape index (κ3) is 5.03. The Bertz CT molecular complexity index is 1400. The zero-order chi connectivity index (χ0) is 27.7. The van der Waals surface area contributed by atoms with Gasteiger partial charge in [-0.05, 0) is 61.6 Å². The number of nitrogens with one attached hydrogen (secondary N) is 1. The predicted molar refractivity (Wildman–Crippen MR) is 147 cm³/mol. The SMILES string of the molecule is CCN(CC)c1ccc([C@H]2C3=C(C[C@@H](c4ccccc4)CC3=O)Nc3ccccc3N2C(=O)C(F)(F)F)cc1. The lowest BCUT2D eigenvalue weighted by atomic mass is 9.78. The Labute approximate surface area is 225 Å². The second-order valence-electron chi connectivity index (χ2n) is 9.81. The van der Waals surface area contributed by atoms with Gasteiger partial charge in [0.25, 0.3) is 0 Å². The molecule has 1 aliphatic heterocycles. The number of hydrogen-bond acceptors (Lipinski definition) is 4. The number of para-hydroxylation sites is 2. The number of rotatable bonds is 5. The van der Waals surface area contributed by atoms with Crippen LogP contribution < -0.4 is 15.1 Å². The van der Waals surface area contributed by atoms with Crippen LogP contribution in [0, 0.1) is 0 Å². The standard InChI is InChI=1S/C31H30F3N3O2/c1-3-36(4-2)23-16-14-21(15-17-23)29-28-25(18-22(19-27(28)38)20-10-6-5-7-11-20)35-24-12-8-9-13-26(24)37(29)30(39)31(32,33)34/h5-17,22,29,35H,3-4,18-19H2,1-2H3/t22-,29+/m1/s1. The molecule has 0 radical (unpaired) electrons. The minimum atomic E-state index is -5.14. The molecule has 2 atom stereocenters. The highest BCUT2D eigenvalue weighted by Gasteiger charge is 2.50. The van der Waals surface area contributed by atoms with E-state index in [0.29, 0.717) is 23.4 Å². The van der Waals surface area contributed by atoms with Crippen LogP contribution in [0.4, 0.5) is 30.2 Å². The molecule has 39 heavy (non-hydrogen) atoms. The van der Waals surface area contributed by atoms with Gasteiger partial charge in [-0.3, -0.25) is 14.5 Å². The molecule has 0 unspecified atom stereocenters. The highest BCUT2D eigenvalue weighted by molar-refractivity contribution is 6.07. The topological polar surface area (TPSA) is 52.7 Å². The van der Waals surface area contributed by atoms with Gasteiger partial charge in [0.05, 0.1) is 17.4 Å². The number of allylic oxidation sites excluding steroid dienone is 1. The second kappa shape index (κ2) is 10.6. The first-order valence-electron chi connectivity index (χ1n) is 13.1. The normalized spacial score (nSPS) is 19.1. The largest absolute Gasteiger partial charge is 0.471 e. The first-order chi connectivity index (χ1) is 18.7. The van der Waals surface area contributed by atoms with Gasteiger partial charge in [-0.25, -0.2) is 0 Å². The highest BCUT2D eigenvalue weighted by Crippen LogP contribution is 2.48. The van der Waals surface area contributed by atoms with E-state index in [1.165, 1.54) is 6.07 Å². The van der Waals surface area contributed by atoms with Crippen LogP contribution >= 0.6 is 0 Å². The molecule has 0 fully saturated rings. The number of ketones is 1.